The van der Waals surface area contributed by atoms with Crippen LogP contribution in [0.2, 0.25) is 0 Å². The van der Waals surface area contributed by atoms with E-state index in [9.17, 15) is 4.79 Å². The highest BCUT2D eigenvalue weighted by molar-refractivity contribution is 6.75. The summed E-state index contributed by atoms with van der Waals surface area (Å²) >= 11 is 16.1. The normalized spacial score (nSPS) is 11.3. The van der Waals surface area contributed by atoms with Gasteiger partial charge in [0.15, 0.2) is 0 Å². The Balaban J connectivity index is 2.86. The number of alkyl halides is 3. The van der Waals surface area contributed by atoms with E-state index in [2.05, 4.69) is 0 Å². The van der Waals surface area contributed by atoms with Gasteiger partial charge in [-0.3, -0.25) is 0 Å². The first-order chi connectivity index (χ1) is 6.79. The van der Waals surface area contributed by atoms with Crippen molar-refractivity contribution in [3.8, 4) is 5.75 Å². The number of carbonyl (C=O) groups excluding carboxylic acids is 1. The van der Waals surface area contributed by atoms with Crippen LogP contribution in [-0.2, 0) is 4.79 Å². The van der Waals surface area contributed by atoms with Gasteiger partial charge in [-0.15, -0.1) is 0 Å². The van der Waals surface area contributed by atoms with Gasteiger partial charge in [0.05, 0.1) is 0 Å². The molecule has 0 saturated heterocycles. The SMILES string of the molecule is Cc1cc(C)cc(OC(=O)C(Cl)(Cl)Cl)c1. The second-order valence-electron chi connectivity index (χ2n) is 3.21. The Bertz CT molecular complexity index is 362. The molecule has 0 fully saturated rings. The number of carbonyl (C=O) groups is 1. The Morgan fingerprint density at radius 2 is 1.60 bits per heavy atom. The van der Waals surface area contributed by atoms with Crippen LogP contribution in [0.25, 0.3) is 0 Å². The van der Waals surface area contributed by atoms with Crippen LogP contribution in [0.15, 0.2) is 18.2 Å². The van der Waals surface area contributed by atoms with Crippen molar-refractivity contribution in [2.75, 3.05) is 0 Å². The number of rotatable bonds is 1. The molecule has 15 heavy (non-hydrogen) atoms. The molecule has 1 aromatic carbocycles. The molecule has 5 heteroatoms. The van der Waals surface area contributed by atoms with Crippen LogP contribution in [0.5, 0.6) is 5.75 Å². The van der Waals surface area contributed by atoms with Gasteiger partial charge >= 0.3 is 5.97 Å². The van der Waals surface area contributed by atoms with E-state index in [1.807, 2.05) is 19.9 Å². The average Bonchev–Trinajstić information content (AvgIpc) is 1.99. The van der Waals surface area contributed by atoms with Crippen molar-refractivity contribution in [1.29, 1.82) is 0 Å². The smallest absolute Gasteiger partial charge is 0.363 e. The fraction of sp³-hybridized carbons (Fsp3) is 0.300. The molecule has 0 saturated carbocycles. The molecule has 0 atom stereocenters. The quantitative estimate of drug-likeness (QED) is 0.442. The Labute approximate surface area is 103 Å². The van der Waals surface area contributed by atoms with E-state index < -0.39 is 9.76 Å². The van der Waals surface area contributed by atoms with E-state index in [-0.39, 0.29) is 0 Å². The Morgan fingerprint density at radius 3 is 2.00 bits per heavy atom. The molecular weight excluding hydrogens is 258 g/mol. The Morgan fingerprint density at radius 1 is 1.13 bits per heavy atom. The fourth-order valence-corrected chi connectivity index (χ4v) is 1.27. The van der Waals surface area contributed by atoms with Crippen molar-refractivity contribution in [2.45, 2.75) is 17.6 Å². The molecule has 0 spiro atoms. The van der Waals surface area contributed by atoms with Gasteiger partial charge in [0.2, 0.25) is 0 Å². The van der Waals surface area contributed by atoms with Crippen LogP contribution in [0.3, 0.4) is 0 Å². The average molecular weight is 268 g/mol. The minimum Gasteiger partial charge on any atom is -0.423 e. The molecule has 0 aliphatic carbocycles. The number of aryl methyl sites for hydroxylation is 2. The highest BCUT2D eigenvalue weighted by Gasteiger charge is 2.33. The van der Waals surface area contributed by atoms with Gasteiger partial charge in [-0.05, 0) is 37.1 Å². The van der Waals surface area contributed by atoms with Gasteiger partial charge in [-0.1, -0.05) is 40.9 Å². The number of esters is 1. The van der Waals surface area contributed by atoms with Crippen LogP contribution in [0.4, 0.5) is 0 Å². The lowest BCUT2D eigenvalue weighted by Gasteiger charge is -2.11. The van der Waals surface area contributed by atoms with E-state index >= 15 is 0 Å². The lowest BCUT2D eigenvalue weighted by atomic mass is 10.1. The van der Waals surface area contributed by atoms with Crippen LogP contribution in [-0.4, -0.2) is 9.76 Å². The maximum atomic E-state index is 11.2. The molecule has 0 radical (unpaired) electrons. The third-order valence-corrected chi connectivity index (χ3v) is 2.10. The molecule has 2 nitrogen and oxygen atoms in total. The molecule has 0 aliphatic heterocycles. The second-order valence-corrected chi connectivity index (χ2v) is 5.49. The molecule has 0 amide bonds. The third kappa shape index (κ3) is 3.90. The standard InChI is InChI=1S/C10H9Cl3O2/c1-6-3-7(2)5-8(4-6)15-9(14)10(11,12)13/h3-5H,1-2H3. The number of ether oxygens (including phenoxy) is 1. The molecule has 0 aromatic heterocycles. The summed E-state index contributed by atoms with van der Waals surface area (Å²) in [4.78, 5) is 11.2. The second kappa shape index (κ2) is 4.60. The summed E-state index contributed by atoms with van der Waals surface area (Å²) in [5, 5.41) is 0. The lowest BCUT2D eigenvalue weighted by molar-refractivity contribution is -0.133. The monoisotopic (exact) mass is 266 g/mol. The number of halogens is 3. The van der Waals surface area contributed by atoms with Crippen molar-refractivity contribution in [1.82, 2.24) is 0 Å². The first-order valence-corrected chi connectivity index (χ1v) is 5.30. The Kier molecular flexibility index (Phi) is 3.87. The highest BCUT2D eigenvalue weighted by atomic mass is 35.6. The number of hydrogen-bond acceptors (Lipinski definition) is 2. The zero-order chi connectivity index (χ0) is 11.6. The van der Waals surface area contributed by atoms with Crippen molar-refractivity contribution in [2.24, 2.45) is 0 Å². The first-order valence-electron chi connectivity index (χ1n) is 4.16. The van der Waals surface area contributed by atoms with Gasteiger partial charge in [0.25, 0.3) is 3.79 Å². The molecule has 82 valence electrons. The predicted molar refractivity (Wildman–Crippen MR) is 61.8 cm³/mol. The lowest BCUT2D eigenvalue weighted by Crippen LogP contribution is -2.24. The molecule has 0 heterocycles. The van der Waals surface area contributed by atoms with Gasteiger partial charge in [-0.2, -0.15) is 0 Å². The van der Waals surface area contributed by atoms with Crippen LogP contribution >= 0.6 is 34.8 Å². The largest absolute Gasteiger partial charge is 0.423 e. The molecule has 1 aromatic rings. The van der Waals surface area contributed by atoms with Crippen LogP contribution in [0, 0.1) is 13.8 Å². The number of benzene rings is 1. The predicted octanol–water partition coefficient (Wildman–Crippen LogP) is 3.58. The molecule has 0 unspecified atom stereocenters. The van der Waals surface area contributed by atoms with Gasteiger partial charge < -0.3 is 4.74 Å². The van der Waals surface area contributed by atoms with E-state index in [1.54, 1.807) is 12.1 Å². The number of hydrogen-bond donors (Lipinski definition) is 0. The summed E-state index contributed by atoms with van der Waals surface area (Å²) in [6.07, 6.45) is 0. The summed E-state index contributed by atoms with van der Waals surface area (Å²) in [6.45, 7) is 3.78. The molecular formula is C10H9Cl3O2. The van der Waals surface area contributed by atoms with E-state index in [0.29, 0.717) is 5.75 Å². The topological polar surface area (TPSA) is 26.3 Å². The van der Waals surface area contributed by atoms with Crippen molar-refractivity contribution in [3.63, 3.8) is 0 Å². The summed E-state index contributed by atoms with van der Waals surface area (Å²) in [5.41, 5.74) is 1.95. The summed E-state index contributed by atoms with van der Waals surface area (Å²) in [7, 11) is 0. The maximum Gasteiger partial charge on any atom is 0.363 e. The van der Waals surface area contributed by atoms with Gasteiger partial charge in [-0.25, -0.2) is 4.79 Å². The minimum atomic E-state index is -2.04. The van der Waals surface area contributed by atoms with Gasteiger partial charge in [0, 0.05) is 0 Å². The third-order valence-electron chi connectivity index (χ3n) is 1.64. The Hall–Kier alpha value is -0.440. The van der Waals surface area contributed by atoms with Crippen LogP contribution in [0.1, 0.15) is 11.1 Å². The zero-order valence-corrected chi connectivity index (χ0v) is 10.5. The minimum absolute atomic E-state index is 0.379. The van der Waals surface area contributed by atoms with Crippen LogP contribution < -0.4 is 4.74 Å². The molecule has 0 N–H and O–H groups in total. The fourth-order valence-electron chi connectivity index (χ4n) is 1.16. The summed E-state index contributed by atoms with van der Waals surface area (Å²) in [5.74, 6) is -0.527. The van der Waals surface area contributed by atoms with E-state index in [4.69, 9.17) is 39.5 Å². The maximum absolute atomic E-state index is 11.2. The molecule has 0 aliphatic rings. The van der Waals surface area contributed by atoms with E-state index in [0.717, 1.165) is 11.1 Å². The van der Waals surface area contributed by atoms with Crippen molar-refractivity contribution in [3.05, 3.63) is 29.3 Å². The van der Waals surface area contributed by atoms with Crippen molar-refractivity contribution < 1.29 is 9.53 Å². The van der Waals surface area contributed by atoms with Crippen molar-refractivity contribution >= 4 is 40.8 Å². The summed E-state index contributed by atoms with van der Waals surface area (Å²) < 4.78 is 2.86. The molecule has 1 rings (SSSR count). The summed E-state index contributed by atoms with van der Waals surface area (Å²) in [6, 6.07) is 5.34. The van der Waals surface area contributed by atoms with E-state index in [1.165, 1.54) is 0 Å². The highest BCUT2D eigenvalue weighted by Crippen LogP contribution is 2.28. The zero-order valence-electron chi connectivity index (χ0n) is 8.18. The first kappa shape index (κ1) is 12.6. The molecule has 0 bridgehead atoms. The van der Waals surface area contributed by atoms with Gasteiger partial charge in [0.1, 0.15) is 5.75 Å².